The second kappa shape index (κ2) is 7.59. The minimum atomic E-state index is -0.313. The van der Waals surface area contributed by atoms with Gasteiger partial charge in [0, 0.05) is 18.3 Å². The van der Waals surface area contributed by atoms with Crippen LogP contribution in [0, 0.1) is 13.8 Å². The van der Waals surface area contributed by atoms with Gasteiger partial charge < -0.3 is 4.90 Å². The van der Waals surface area contributed by atoms with Crippen LogP contribution in [0.1, 0.15) is 65.7 Å². The third kappa shape index (κ3) is 3.93. The molecule has 0 bridgehead atoms. The predicted octanol–water partition coefficient (Wildman–Crippen LogP) is 5.44. The van der Waals surface area contributed by atoms with Gasteiger partial charge in [-0.2, -0.15) is 5.10 Å². The van der Waals surface area contributed by atoms with Crippen molar-refractivity contribution in [2.45, 2.75) is 52.5 Å². The van der Waals surface area contributed by atoms with Crippen LogP contribution in [0.4, 0.5) is 5.69 Å². The SMILES string of the molecule is Cc1ccc(C(=O)N/N=C\c2cc3c(cc2C)N(C)C(C)(C)C[C@H]3C)c(Cl)c1. The maximum absolute atomic E-state index is 12.3. The number of hydrazone groups is 1. The highest BCUT2D eigenvalue weighted by Crippen LogP contribution is 2.43. The number of hydrogen-bond donors (Lipinski definition) is 1. The lowest BCUT2D eigenvalue weighted by atomic mass is 9.79. The van der Waals surface area contributed by atoms with Gasteiger partial charge in [0.25, 0.3) is 5.91 Å². The van der Waals surface area contributed by atoms with Gasteiger partial charge >= 0.3 is 0 Å². The fourth-order valence-electron chi connectivity index (χ4n) is 3.90. The Morgan fingerprint density at radius 2 is 2.00 bits per heavy atom. The molecule has 0 fully saturated rings. The van der Waals surface area contributed by atoms with Crippen LogP contribution in [-0.2, 0) is 0 Å². The Balaban J connectivity index is 1.81. The quantitative estimate of drug-likeness (QED) is 0.553. The molecule has 4 nitrogen and oxygen atoms in total. The van der Waals surface area contributed by atoms with E-state index in [1.807, 2.05) is 13.0 Å². The summed E-state index contributed by atoms with van der Waals surface area (Å²) in [5.74, 6) is 0.154. The minimum absolute atomic E-state index is 0.135. The molecule has 0 radical (unpaired) electrons. The zero-order valence-corrected chi connectivity index (χ0v) is 18.2. The second-order valence-electron chi connectivity index (χ2n) is 8.43. The first kappa shape index (κ1) is 20.4. The second-order valence-corrected chi connectivity index (χ2v) is 8.83. The molecule has 1 N–H and O–H groups in total. The maximum Gasteiger partial charge on any atom is 0.272 e. The molecule has 5 heteroatoms. The summed E-state index contributed by atoms with van der Waals surface area (Å²) in [6.45, 7) is 10.8. The Labute approximate surface area is 172 Å². The molecule has 28 heavy (non-hydrogen) atoms. The third-order valence-corrected chi connectivity index (χ3v) is 6.07. The van der Waals surface area contributed by atoms with E-state index in [0.29, 0.717) is 16.5 Å². The minimum Gasteiger partial charge on any atom is -0.369 e. The topological polar surface area (TPSA) is 44.7 Å². The zero-order valence-electron chi connectivity index (χ0n) is 17.4. The number of benzene rings is 2. The zero-order chi connectivity index (χ0) is 20.6. The fourth-order valence-corrected chi connectivity index (χ4v) is 4.22. The summed E-state index contributed by atoms with van der Waals surface area (Å²) in [6.07, 6.45) is 2.81. The highest BCUT2D eigenvalue weighted by molar-refractivity contribution is 6.33. The van der Waals surface area contributed by atoms with E-state index < -0.39 is 0 Å². The summed E-state index contributed by atoms with van der Waals surface area (Å²) in [5.41, 5.74) is 8.88. The van der Waals surface area contributed by atoms with E-state index in [9.17, 15) is 4.79 Å². The number of halogens is 1. The van der Waals surface area contributed by atoms with Crippen LogP contribution < -0.4 is 10.3 Å². The van der Waals surface area contributed by atoms with Gasteiger partial charge in [0.05, 0.1) is 16.8 Å². The van der Waals surface area contributed by atoms with Crippen molar-refractivity contribution in [1.82, 2.24) is 5.43 Å². The summed E-state index contributed by atoms with van der Waals surface area (Å²) >= 11 is 6.16. The molecule has 1 aliphatic heterocycles. The molecule has 2 aromatic carbocycles. The van der Waals surface area contributed by atoms with Gasteiger partial charge in [-0.1, -0.05) is 24.6 Å². The molecule has 0 unspecified atom stereocenters. The first-order valence-corrected chi connectivity index (χ1v) is 9.96. The largest absolute Gasteiger partial charge is 0.369 e. The number of nitrogens with one attached hydrogen (secondary N) is 1. The Morgan fingerprint density at radius 3 is 2.68 bits per heavy atom. The molecule has 3 rings (SSSR count). The molecule has 1 amide bonds. The third-order valence-electron chi connectivity index (χ3n) is 5.76. The summed E-state index contributed by atoms with van der Waals surface area (Å²) in [7, 11) is 2.16. The highest BCUT2D eigenvalue weighted by Gasteiger charge is 2.34. The molecule has 0 aliphatic carbocycles. The van der Waals surface area contributed by atoms with Crippen LogP contribution in [0.25, 0.3) is 0 Å². The van der Waals surface area contributed by atoms with Crippen molar-refractivity contribution < 1.29 is 4.79 Å². The number of nitrogens with zero attached hydrogens (tertiary/aromatic N) is 2. The molecular weight excluding hydrogens is 370 g/mol. The molecule has 148 valence electrons. The van der Waals surface area contributed by atoms with Gasteiger partial charge in [-0.15, -0.1) is 0 Å². The van der Waals surface area contributed by atoms with E-state index in [1.54, 1.807) is 18.3 Å². The van der Waals surface area contributed by atoms with Crippen molar-refractivity contribution in [1.29, 1.82) is 0 Å². The number of carbonyl (C=O) groups excluding carboxylic acids is 1. The molecule has 1 aliphatic rings. The van der Waals surface area contributed by atoms with Crippen molar-refractivity contribution in [3.8, 4) is 0 Å². The number of fused-ring (bicyclic) bond motifs is 1. The highest BCUT2D eigenvalue weighted by atomic mass is 35.5. The molecule has 1 heterocycles. The lowest BCUT2D eigenvalue weighted by Crippen LogP contribution is -2.45. The molecule has 2 aromatic rings. The Bertz CT molecular complexity index is 949. The molecule has 0 aromatic heterocycles. The Kier molecular flexibility index (Phi) is 5.53. The van der Waals surface area contributed by atoms with Crippen LogP contribution in [-0.4, -0.2) is 24.7 Å². The summed E-state index contributed by atoms with van der Waals surface area (Å²) in [6, 6.07) is 9.75. The van der Waals surface area contributed by atoms with Crippen LogP contribution in [0.2, 0.25) is 5.02 Å². The first-order chi connectivity index (χ1) is 13.1. The number of aryl methyl sites for hydroxylation is 2. The van der Waals surface area contributed by atoms with Crippen molar-refractivity contribution in [2.24, 2.45) is 5.10 Å². The molecule has 0 saturated carbocycles. The summed E-state index contributed by atoms with van der Waals surface area (Å²) in [4.78, 5) is 14.7. The monoisotopic (exact) mass is 397 g/mol. The van der Waals surface area contributed by atoms with Crippen molar-refractivity contribution in [2.75, 3.05) is 11.9 Å². The average Bonchev–Trinajstić information content (AvgIpc) is 2.60. The van der Waals surface area contributed by atoms with Gasteiger partial charge in [0.15, 0.2) is 0 Å². The molecular formula is C23H28ClN3O. The van der Waals surface area contributed by atoms with Gasteiger partial charge in [-0.25, -0.2) is 5.43 Å². The van der Waals surface area contributed by atoms with Crippen LogP contribution in [0.3, 0.4) is 0 Å². The smallest absolute Gasteiger partial charge is 0.272 e. The van der Waals surface area contributed by atoms with Gasteiger partial charge in [-0.3, -0.25) is 4.79 Å². The van der Waals surface area contributed by atoms with E-state index in [-0.39, 0.29) is 11.4 Å². The summed E-state index contributed by atoms with van der Waals surface area (Å²) < 4.78 is 0. The lowest BCUT2D eigenvalue weighted by molar-refractivity contribution is 0.0955. The number of amides is 1. The van der Waals surface area contributed by atoms with Gasteiger partial charge in [0.1, 0.15) is 0 Å². The summed E-state index contributed by atoms with van der Waals surface area (Å²) in [5, 5.41) is 4.59. The van der Waals surface area contributed by atoms with Crippen molar-refractivity contribution in [3.63, 3.8) is 0 Å². The fraction of sp³-hybridized carbons (Fsp3) is 0.391. The van der Waals surface area contributed by atoms with Crippen LogP contribution in [0.5, 0.6) is 0 Å². The van der Waals surface area contributed by atoms with Gasteiger partial charge in [-0.05, 0) is 86.6 Å². The first-order valence-electron chi connectivity index (χ1n) is 9.58. The Morgan fingerprint density at radius 1 is 1.29 bits per heavy atom. The van der Waals surface area contributed by atoms with E-state index in [0.717, 1.165) is 23.1 Å². The normalized spacial score (nSPS) is 18.2. The number of rotatable bonds is 3. The van der Waals surface area contributed by atoms with Gasteiger partial charge in [0.2, 0.25) is 0 Å². The standard InChI is InChI=1S/C23H28ClN3O/c1-14-7-8-18(20(24)9-14)22(28)26-25-13-17-11-19-16(3)12-23(4,5)27(6)21(19)10-15(17)2/h7-11,13,16H,12H2,1-6H3,(H,26,28)/b25-13-/t16-/m1/s1. The van der Waals surface area contributed by atoms with E-state index >= 15 is 0 Å². The number of anilines is 1. The average molecular weight is 398 g/mol. The van der Waals surface area contributed by atoms with E-state index in [2.05, 4.69) is 62.3 Å². The van der Waals surface area contributed by atoms with Crippen LogP contribution in [0.15, 0.2) is 35.4 Å². The van der Waals surface area contributed by atoms with Crippen molar-refractivity contribution >= 4 is 29.4 Å². The number of hydrogen-bond acceptors (Lipinski definition) is 3. The van der Waals surface area contributed by atoms with E-state index in [1.165, 1.54) is 11.3 Å². The molecule has 0 spiro atoms. The number of carbonyl (C=O) groups is 1. The Hall–Kier alpha value is -2.33. The molecule has 0 saturated heterocycles. The van der Waals surface area contributed by atoms with Crippen molar-refractivity contribution in [3.05, 3.63) is 63.2 Å². The molecule has 1 atom stereocenters. The van der Waals surface area contributed by atoms with E-state index in [4.69, 9.17) is 11.6 Å². The lowest BCUT2D eigenvalue weighted by Gasteiger charge is -2.45. The predicted molar refractivity (Wildman–Crippen MR) is 118 cm³/mol. The van der Waals surface area contributed by atoms with Crippen LogP contribution >= 0.6 is 11.6 Å². The maximum atomic E-state index is 12.3.